The van der Waals surface area contributed by atoms with E-state index in [2.05, 4.69) is 0 Å². The Morgan fingerprint density at radius 2 is 1.71 bits per heavy atom. The molecule has 3 aromatic rings. The molecule has 0 fully saturated rings. The zero-order valence-electron chi connectivity index (χ0n) is 15.8. The first kappa shape index (κ1) is 19.3. The number of hydrogen-bond acceptors (Lipinski definition) is 7. The van der Waals surface area contributed by atoms with Crippen LogP contribution in [0.1, 0.15) is 33.4 Å². The molecule has 2 aromatic carbocycles. The molecular formula is C21H20O7. The van der Waals surface area contributed by atoms with Crippen LogP contribution in [0, 0.1) is 0 Å². The number of furan rings is 1. The first-order valence-electron chi connectivity index (χ1n) is 8.66. The lowest BCUT2D eigenvalue weighted by Gasteiger charge is -2.12. The average molecular weight is 384 g/mol. The molecule has 0 saturated heterocycles. The first-order chi connectivity index (χ1) is 13.6. The third kappa shape index (κ3) is 3.64. The summed E-state index contributed by atoms with van der Waals surface area (Å²) in [5.74, 6) is -0.511. The Kier molecular flexibility index (Phi) is 5.84. The van der Waals surface area contributed by atoms with Gasteiger partial charge in [-0.2, -0.15) is 0 Å². The zero-order chi connectivity index (χ0) is 20.1. The van der Waals surface area contributed by atoms with Gasteiger partial charge >= 0.3 is 11.9 Å². The number of methoxy groups -OCH3 is 2. The number of ether oxygens (including phenoxy) is 4. The maximum Gasteiger partial charge on any atom is 0.374 e. The summed E-state index contributed by atoms with van der Waals surface area (Å²) in [7, 11) is 2.92. The Balaban J connectivity index is 1.91. The molecule has 0 aliphatic carbocycles. The van der Waals surface area contributed by atoms with Crippen molar-refractivity contribution in [3.05, 3.63) is 59.4 Å². The van der Waals surface area contributed by atoms with E-state index in [1.165, 1.54) is 14.2 Å². The normalized spacial score (nSPS) is 10.5. The second-order valence-corrected chi connectivity index (χ2v) is 5.74. The van der Waals surface area contributed by atoms with Crippen molar-refractivity contribution in [2.45, 2.75) is 13.5 Å². The van der Waals surface area contributed by atoms with Crippen LogP contribution in [0.25, 0.3) is 11.0 Å². The minimum Gasteiger partial charge on any atom is -0.493 e. The Morgan fingerprint density at radius 1 is 0.929 bits per heavy atom. The monoisotopic (exact) mass is 384 g/mol. The van der Waals surface area contributed by atoms with Crippen molar-refractivity contribution in [2.24, 2.45) is 0 Å². The first-order valence-corrected chi connectivity index (χ1v) is 8.66. The number of rotatable bonds is 7. The fourth-order valence-corrected chi connectivity index (χ4v) is 2.87. The molecule has 0 N–H and O–H groups in total. The van der Waals surface area contributed by atoms with Crippen molar-refractivity contribution in [3.63, 3.8) is 0 Å². The number of esters is 2. The van der Waals surface area contributed by atoms with Gasteiger partial charge in [0.05, 0.1) is 26.4 Å². The molecule has 1 heterocycles. The van der Waals surface area contributed by atoms with Crippen LogP contribution < -0.4 is 9.47 Å². The molecule has 0 saturated carbocycles. The van der Waals surface area contributed by atoms with Gasteiger partial charge in [0.2, 0.25) is 5.76 Å². The summed E-state index contributed by atoms with van der Waals surface area (Å²) < 4.78 is 26.6. The molecular weight excluding hydrogens is 364 g/mol. The number of fused-ring (bicyclic) bond motifs is 1. The minimum absolute atomic E-state index is 0.0217. The van der Waals surface area contributed by atoms with Gasteiger partial charge in [0, 0.05) is 5.39 Å². The molecule has 0 radical (unpaired) electrons. The Hall–Kier alpha value is -3.48. The van der Waals surface area contributed by atoms with Crippen LogP contribution in [0.2, 0.25) is 0 Å². The van der Waals surface area contributed by atoms with Crippen LogP contribution in [-0.2, 0) is 16.1 Å². The molecule has 0 aliphatic heterocycles. The predicted molar refractivity (Wildman–Crippen MR) is 101 cm³/mol. The van der Waals surface area contributed by atoms with Crippen LogP contribution in [0.15, 0.2) is 46.9 Å². The fourth-order valence-electron chi connectivity index (χ4n) is 2.87. The number of hydrogen-bond donors (Lipinski definition) is 0. The lowest BCUT2D eigenvalue weighted by Crippen LogP contribution is -2.11. The molecule has 0 amide bonds. The van der Waals surface area contributed by atoms with Gasteiger partial charge in [-0.1, -0.05) is 24.3 Å². The molecule has 7 nitrogen and oxygen atoms in total. The highest BCUT2D eigenvalue weighted by Crippen LogP contribution is 2.32. The summed E-state index contributed by atoms with van der Waals surface area (Å²) in [5.41, 5.74) is 1.17. The second kappa shape index (κ2) is 8.47. The SMILES string of the molecule is CCOC(=O)c1oc2ccccc2c1COC(=O)c1cccc(OC)c1OC. The van der Waals surface area contributed by atoms with Crippen molar-refractivity contribution >= 4 is 22.9 Å². The van der Waals surface area contributed by atoms with E-state index >= 15 is 0 Å². The zero-order valence-corrected chi connectivity index (χ0v) is 15.8. The van der Waals surface area contributed by atoms with Crippen LogP contribution in [0.4, 0.5) is 0 Å². The van der Waals surface area contributed by atoms with E-state index in [1.54, 1.807) is 43.3 Å². The van der Waals surface area contributed by atoms with Crippen LogP contribution in [-0.4, -0.2) is 32.8 Å². The number of carbonyl (C=O) groups excluding carboxylic acids is 2. The van der Waals surface area contributed by atoms with Gasteiger partial charge in [-0.15, -0.1) is 0 Å². The van der Waals surface area contributed by atoms with Crippen molar-refractivity contribution < 1.29 is 33.0 Å². The standard InChI is InChI=1S/C21H20O7/c1-4-26-21(23)19-15(13-8-5-6-10-16(13)28-19)12-27-20(22)14-9-7-11-17(24-2)18(14)25-3/h5-11H,4,12H2,1-3H3. The van der Waals surface area contributed by atoms with E-state index in [4.69, 9.17) is 23.4 Å². The molecule has 28 heavy (non-hydrogen) atoms. The van der Waals surface area contributed by atoms with E-state index in [9.17, 15) is 9.59 Å². The molecule has 7 heteroatoms. The van der Waals surface area contributed by atoms with E-state index in [-0.39, 0.29) is 30.3 Å². The molecule has 146 valence electrons. The fraction of sp³-hybridized carbons (Fsp3) is 0.238. The molecule has 3 rings (SSSR count). The van der Waals surface area contributed by atoms with E-state index in [1.807, 2.05) is 6.07 Å². The second-order valence-electron chi connectivity index (χ2n) is 5.74. The smallest absolute Gasteiger partial charge is 0.374 e. The lowest BCUT2D eigenvalue weighted by atomic mass is 10.1. The lowest BCUT2D eigenvalue weighted by molar-refractivity contribution is 0.0432. The predicted octanol–water partition coefficient (Wildman–Crippen LogP) is 3.98. The van der Waals surface area contributed by atoms with Gasteiger partial charge in [-0.3, -0.25) is 0 Å². The van der Waals surface area contributed by atoms with Gasteiger partial charge in [0.25, 0.3) is 0 Å². The van der Waals surface area contributed by atoms with E-state index in [0.717, 1.165) is 0 Å². The third-order valence-corrected chi connectivity index (χ3v) is 4.13. The van der Waals surface area contributed by atoms with Crippen LogP contribution >= 0.6 is 0 Å². The van der Waals surface area contributed by atoms with E-state index < -0.39 is 11.9 Å². The number of para-hydroxylation sites is 2. The summed E-state index contributed by atoms with van der Waals surface area (Å²) in [6.07, 6.45) is 0. The Bertz CT molecular complexity index is 1000. The van der Waals surface area contributed by atoms with Crippen molar-refractivity contribution in [1.82, 2.24) is 0 Å². The molecule has 0 unspecified atom stereocenters. The van der Waals surface area contributed by atoms with Crippen LogP contribution in [0.3, 0.4) is 0 Å². The maximum atomic E-state index is 12.6. The summed E-state index contributed by atoms with van der Waals surface area (Å²) in [6, 6.07) is 12.0. The summed E-state index contributed by atoms with van der Waals surface area (Å²) in [4.78, 5) is 24.9. The maximum absolute atomic E-state index is 12.6. The summed E-state index contributed by atoms with van der Waals surface area (Å²) >= 11 is 0. The average Bonchev–Trinajstić information content (AvgIpc) is 3.10. The third-order valence-electron chi connectivity index (χ3n) is 4.13. The van der Waals surface area contributed by atoms with Gasteiger partial charge in [0.15, 0.2) is 11.5 Å². The molecule has 1 aromatic heterocycles. The van der Waals surface area contributed by atoms with E-state index in [0.29, 0.717) is 22.3 Å². The van der Waals surface area contributed by atoms with Gasteiger partial charge in [-0.05, 0) is 25.1 Å². The number of carbonyl (C=O) groups is 2. The van der Waals surface area contributed by atoms with Gasteiger partial charge < -0.3 is 23.4 Å². The Morgan fingerprint density at radius 3 is 2.43 bits per heavy atom. The molecule has 0 spiro atoms. The van der Waals surface area contributed by atoms with Crippen LogP contribution in [0.5, 0.6) is 11.5 Å². The van der Waals surface area contributed by atoms with Crippen molar-refractivity contribution in [2.75, 3.05) is 20.8 Å². The summed E-state index contributed by atoms with van der Waals surface area (Å²) in [6.45, 7) is 1.75. The Labute approximate surface area is 161 Å². The molecule has 0 atom stereocenters. The van der Waals surface area contributed by atoms with Gasteiger partial charge in [0.1, 0.15) is 17.8 Å². The topological polar surface area (TPSA) is 84.2 Å². The highest BCUT2D eigenvalue weighted by molar-refractivity contribution is 5.97. The number of benzene rings is 2. The minimum atomic E-state index is -0.615. The van der Waals surface area contributed by atoms with Gasteiger partial charge in [-0.25, -0.2) is 9.59 Å². The molecule has 0 aliphatic rings. The highest BCUT2D eigenvalue weighted by Gasteiger charge is 2.24. The van der Waals surface area contributed by atoms with Crippen molar-refractivity contribution in [3.8, 4) is 11.5 Å². The van der Waals surface area contributed by atoms with Crippen molar-refractivity contribution in [1.29, 1.82) is 0 Å². The molecule has 0 bridgehead atoms. The quantitative estimate of drug-likeness (QED) is 0.570. The largest absolute Gasteiger partial charge is 0.493 e. The summed E-state index contributed by atoms with van der Waals surface area (Å²) in [5, 5.41) is 0.677. The highest BCUT2D eigenvalue weighted by atomic mass is 16.6.